The Balaban J connectivity index is 1.77. The topological polar surface area (TPSA) is 104 Å². The third-order valence-corrected chi connectivity index (χ3v) is 6.12. The molecule has 8 heteroatoms. The van der Waals surface area contributed by atoms with E-state index >= 15 is 0 Å². The highest BCUT2D eigenvalue weighted by molar-refractivity contribution is 7.92. The molecule has 0 aliphatic carbocycles. The summed E-state index contributed by atoms with van der Waals surface area (Å²) < 4.78 is 27.7. The average molecular weight is 452 g/mol. The summed E-state index contributed by atoms with van der Waals surface area (Å²) in [7, 11) is -3.74. The quantitative estimate of drug-likeness (QED) is 0.478. The molecule has 2 amide bonds. The lowest BCUT2D eigenvalue weighted by atomic mass is 10.1. The minimum atomic E-state index is -3.74. The van der Waals surface area contributed by atoms with Gasteiger partial charge in [0.25, 0.3) is 21.8 Å². The summed E-state index contributed by atoms with van der Waals surface area (Å²) in [5.41, 5.74) is 2.08. The summed E-state index contributed by atoms with van der Waals surface area (Å²) in [4.78, 5) is 25.3. The van der Waals surface area contributed by atoms with Crippen molar-refractivity contribution in [2.24, 2.45) is 0 Å². The molecule has 3 N–H and O–H groups in total. The molecular weight excluding hydrogens is 426 g/mol. The number of amides is 2. The van der Waals surface area contributed by atoms with Crippen LogP contribution < -0.4 is 15.4 Å². The normalized spacial score (nSPS) is 10.9. The Morgan fingerprint density at radius 1 is 0.844 bits per heavy atom. The van der Waals surface area contributed by atoms with Crippen molar-refractivity contribution in [3.05, 3.63) is 89.5 Å². The van der Waals surface area contributed by atoms with Crippen molar-refractivity contribution in [1.29, 1.82) is 0 Å². The van der Waals surface area contributed by atoms with Gasteiger partial charge in [-0.15, -0.1) is 0 Å². The first-order valence-electron chi connectivity index (χ1n) is 10.2. The van der Waals surface area contributed by atoms with Crippen LogP contribution in [0.1, 0.15) is 39.6 Å². The van der Waals surface area contributed by atoms with E-state index in [9.17, 15) is 18.0 Å². The van der Waals surface area contributed by atoms with E-state index in [0.717, 1.165) is 6.42 Å². The minimum absolute atomic E-state index is 0.152. The molecule has 3 aromatic carbocycles. The highest BCUT2D eigenvalue weighted by Gasteiger charge is 2.17. The Hall–Kier alpha value is -3.65. The summed E-state index contributed by atoms with van der Waals surface area (Å²) in [6.07, 6.45) is 0.805. The highest BCUT2D eigenvalue weighted by Crippen LogP contribution is 2.22. The van der Waals surface area contributed by atoms with Crippen LogP contribution in [0.25, 0.3) is 0 Å². The molecule has 0 saturated heterocycles. The molecule has 0 aliphatic heterocycles. The minimum Gasteiger partial charge on any atom is -0.352 e. The number of benzene rings is 3. The molecule has 3 aromatic rings. The van der Waals surface area contributed by atoms with E-state index in [2.05, 4.69) is 15.4 Å². The number of nitrogens with one attached hydrogen (secondary N) is 3. The largest absolute Gasteiger partial charge is 0.352 e. The maximum atomic E-state index is 12.8. The van der Waals surface area contributed by atoms with Crippen LogP contribution in [-0.4, -0.2) is 26.8 Å². The Labute approximate surface area is 187 Å². The summed E-state index contributed by atoms with van der Waals surface area (Å²) in [6, 6.07) is 19.5. The monoisotopic (exact) mass is 451 g/mol. The standard InChI is InChI=1S/C24H25N3O4S/c1-3-15-25-24(29)20-11-7-8-12-22(20)26-23(28)18-13-14-21(17(2)16-18)27-32(30,31)19-9-5-4-6-10-19/h4-14,16,27H,3,15H2,1-2H3,(H,25,29)(H,26,28). The van der Waals surface area contributed by atoms with Crippen LogP contribution in [0.3, 0.4) is 0 Å². The molecule has 0 aromatic heterocycles. The third kappa shape index (κ3) is 5.53. The predicted molar refractivity (Wildman–Crippen MR) is 125 cm³/mol. The van der Waals surface area contributed by atoms with E-state index in [0.29, 0.717) is 34.6 Å². The van der Waals surface area contributed by atoms with Gasteiger partial charge in [-0.2, -0.15) is 0 Å². The molecule has 166 valence electrons. The van der Waals surface area contributed by atoms with Crippen LogP contribution in [0.2, 0.25) is 0 Å². The lowest BCUT2D eigenvalue weighted by molar-refractivity contribution is 0.0954. The molecule has 0 fully saturated rings. The van der Waals surface area contributed by atoms with Crippen LogP contribution in [0.5, 0.6) is 0 Å². The van der Waals surface area contributed by atoms with Gasteiger partial charge in [-0.05, 0) is 61.4 Å². The van der Waals surface area contributed by atoms with Gasteiger partial charge in [0.05, 0.1) is 21.8 Å². The van der Waals surface area contributed by atoms with Gasteiger partial charge in [-0.1, -0.05) is 37.3 Å². The maximum Gasteiger partial charge on any atom is 0.261 e. The fourth-order valence-corrected chi connectivity index (χ4v) is 4.19. The van der Waals surface area contributed by atoms with Crippen molar-refractivity contribution in [3.8, 4) is 0 Å². The Kier molecular flexibility index (Phi) is 7.27. The van der Waals surface area contributed by atoms with Crippen LogP contribution >= 0.6 is 0 Å². The van der Waals surface area contributed by atoms with Gasteiger partial charge in [0.15, 0.2) is 0 Å². The molecule has 0 radical (unpaired) electrons. The Morgan fingerprint density at radius 3 is 2.22 bits per heavy atom. The fraction of sp³-hybridized carbons (Fsp3) is 0.167. The van der Waals surface area contributed by atoms with Crippen molar-refractivity contribution in [3.63, 3.8) is 0 Å². The lowest BCUT2D eigenvalue weighted by Gasteiger charge is -2.13. The zero-order chi connectivity index (χ0) is 23.1. The molecule has 7 nitrogen and oxygen atoms in total. The van der Waals surface area contributed by atoms with Gasteiger partial charge in [0.1, 0.15) is 0 Å². The van der Waals surface area contributed by atoms with Crippen LogP contribution in [0, 0.1) is 6.92 Å². The van der Waals surface area contributed by atoms with E-state index in [-0.39, 0.29) is 10.8 Å². The van der Waals surface area contributed by atoms with Gasteiger partial charge < -0.3 is 10.6 Å². The Bertz CT molecular complexity index is 1230. The molecule has 32 heavy (non-hydrogen) atoms. The van der Waals surface area contributed by atoms with Gasteiger partial charge in [-0.25, -0.2) is 8.42 Å². The van der Waals surface area contributed by atoms with E-state index in [4.69, 9.17) is 0 Å². The molecule has 0 atom stereocenters. The van der Waals surface area contributed by atoms with Crippen LogP contribution in [0.15, 0.2) is 77.7 Å². The molecule has 0 bridgehead atoms. The summed E-state index contributed by atoms with van der Waals surface area (Å²) in [5.74, 6) is -0.661. The average Bonchev–Trinajstić information content (AvgIpc) is 2.79. The number of aryl methyl sites for hydroxylation is 1. The predicted octanol–water partition coefficient (Wildman–Crippen LogP) is 4.19. The zero-order valence-electron chi connectivity index (χ0n) is 17.9. The van der Waals surface area contributed by atoms with Crippen molar-refractivity contribution in [1.82, 2.24) is 5.32 Å². The van der Waals surface area contributed by atoms with E-state index in [1.165, 1.54) is 18.2 Å². The number of hydrogen-bond donors (Lipinski definition) is 3. The first kappa shape index (κ1) is 23.0. The number of carbonyl (C=O) groups excluding carboxylic acids is 2. The fourth-order valence-electron chi connectivity index (χ4n) is 3.04. The second kappa shape index (κ2) is 10.1. The van der Waals surface area contributed by atoms with E-state index in [1.54, 1.807) is 61.5 Å². The summed E-state index contributed by atoms with van der Waals surface area (Å²) in [5, 5.41) is 5.56. The highest BCUT2D eigenvalue weighted by atomic mass is 32.2. The smallest absolute Gasteiger partial charge is 0.261 e. The number of hydrogen-bond acceptors (Lipinski definition) is 4. The lowest BCUT2D eigenvalue weighted by Crippen LogP contribution is -2.25. The van der Waals surface area contributed by atoms with E-state index in [1.807, 2.05) is 6.92 Å². The molecule has 0 heterocycles. The third-order valence-electron chi connectivity index (χ3n) is 4.74. The maximum absolute atomic E-state index is 12.8. The van der Waals surface area contributed by atoms with Gasteiger partial charge >= 0.3 is 0 Å². The second-order valence-corrected chi connectivity index (χ2v) is 8.89. The number of carbonyl (C=O) groups is 2. The van der Waals surface area contributed by atoms with Gasteiger partial charge in [-0.3, -0.25) is 14.3 Å². The molecular formula is C24H25N3O4S. The molecule has 3 rings (SSSR count). The number of sulfonamides is 1. The van der Waals surface area contributed by atoms with Gasteiger partial charge in [0.2, 0.25) is 0 Å². The first-order valence-corrected chi connectivity index (χ1v) is 11.7. The van der Waals surface area contributed by atoms with E-state index < -0.39 is 15.9 Å². The van der Waals surface area contributed by atoms with Crippen molar-refractivity contribution in [2.75, 3.05) is 16.6 Å². The number of para-hydroxylation sites is 1. The second-order valence-electron chi connectivity index (χ2n) is 7.20. The molecule has 0 saturated carbocycles. The molecule has 0 unspecified atom stereocenters. The first-order chi connectivity index (χ1) is 15.3. The van der Waals surface area contributed by atoms with Gasteiger partial charge in [0, 0.05) is 12.1 Å². The van der Waals surface area contributed by atoms with Crippen molar-refractivity contribution < 1.29 is 18.0 Å². The molecule has 0 spiro atoms. The SMILES string of the molecule is CCCNC(=O)c1ccccc1NC(=O)c1ccc(NS(=O)(=O)c2ccccc2)c(C)c1. The van der Waals surface area contributed by atoms with Crippen LogP contribution in [-0.2, 0) is 10.0 Å². The zero-order valence-corrected chi connectivity index (χ0v) is 18.7. The molecule has 0 aliphatic rings. The summed E-state index contributed by atoms with van der Waals surface area (Å²) in [6.45, 7) is 4.21. The summed E-state index contributed by atoms with van der Waals surface area (Å²) >= 11 is 0. The number of rotatable bonds is 8. The van der Waals surface area contributed by atoms with Crippen molar-refractivity contribution in [2.45, 2.75) is 25.2 Å². The van der Waals surface area contributed by atoms with Crippen molar-refractivity contribution >= 4 is 33.2 Å². The van der Waals surface area contributed by atoms with Crippen LogP contribution in [0.4, 0.5) is 11.4 Å². The number of anilines is 2. The Morgan fingerprint density at radius 2 is 1.53 bits per heavy atom.